The summed E-state index contributed by atoms with van der Waals surface area (Å²) in [6.45, 7) is 0.832. The molecule has 5 nitrogen and oxygen atoms in total. The van der Waals surface area contributed by atoms with E-state index < -0.39 is 0 Å². The zero-order valence-corrected chi connectivity index (χ0v) is 16.0. The van der Waals surface area contributed by atoms with E-state index in [0.29, 0.717) is 38.5 Å². The second kappa shape index (κ2) is 7.59. The van der Waals surface area contributed by atoms with Crippen LogP contribution in [0.1, 0.15) is 36.7 Å². The van der Waals surface area contributed by atoms with Gasteiger partial charge in [-0.2, -0.15) is 5.26 Å². The van der Waals surface area contributed by atoms with Crippen LogP contribution in [0.3, 0.4) is 0 Å². The third-order valence-corrected chi connectivity index (χ3v) is 5.42. The Labute approximate surface area is 166 Å². The smallest absolute Gasteiger partial charge is 0.174 e. The Morgan fingerprint density at radius 3 is 2.89 bits per heavy atom. The molecule has 0 aliphatic carbocycles. The SMILES string of the molecule is N#C/C(=C\c1ccc(-c2cccc(Cl)c2Cl)o1)c1nnc2n1CCCCC2. The monoisotopic (exact) mass is 398 g/mol. The maximum atomic E-state index is 9.66. The van der Waals surface area contributed by atoms with Gasteiger partial charge >= 0.3 is 0 Å². The molecule has 0 saturated heterocycles. The Kier molecular flexibility index (Phi) is 5.02. The van der Waals surface area contributed by atoms with Crippen molar-refractivity contribution >= 4 is 34.9 Å². The third-order valence-electron chi connectivity index (χ3n) is 4.60. The summed E-state index contributed by atoms with van der Waals surface area (Å²) in [5, 5.41) is 19.1. The minimum atomic E-state index is 0.425. The molecule has 0 fully saturated rings. The number of allylic oxidation sites excluding steroid dienone is 1. The van der Waals surface area contributed by atoms with Crippen LogP contribution in [0.25, 0.3) is 23.0 Å². The van der Waals surface area contributed by atoms with E-state index in [1.165, 1.54) is 0 Å². The van der Waals surface area contributed by atoms with E-state index in [0.717, 1.165) is 38.1 Å². The van der Waals surface area contributed by atoms with E-state index in [2.05, 4.69) is 16.3 Å². The molecule has 1 aromatic carbocycles. The molecule has 4 rings (SSSR count). The average Bonchev–Trinajstić information content (AvgIpc) is 3.23. The lowest BCUT2D eigenvalue weighted by atomic mass is 10.2. The van der Waals surface area contributed by atoms with Gasteiger partial charge in [0.15, 0.2) is 5.82 Å². The van der Waals surface area contributed by atoms with Crippen LogP contribution in [0.4, 0.5) is 0 Å². The lowest BCUT2D eigenvalue weighted by molar-refractivity contribution is 0.572. The molecule has 0 saturated carbocycles. The summed E-state index contributed by atoms with van der Waals surface area (Å²) in [6.07, 6.45) is 5.91. The zero-order valence-electron chi connectivity index (χ0n) is 14.5. The van der Waals surface area contributed by atoms with Crippen LogP contribution in [0.2, 0.25) is 10.0 Å². The number of hydrogen-bond donors (Lipinski definition) is 0. The van der Waals surface area contributed by atoms with Crippen LogP contribution in [0.5, 0.6) is 0 Å². The van der Waals surface area contributed by atoms with Crippen molar-refractivity contribution < 1.29 is 4.42 Å². The van der Waals surface area contributed by atoms with Gasteiger partial charge in [0, 0.05) is 24.6 Å². The summed E-state index contributed by atoms with van der Waals surface area (Å²) in [7, 11) is 0. The van der Waals surface area contributed by atoms with E-state index in [1.807, 2.05) is 22.8 Å². The number of fused-ring (bicyclic) bond motifs is 1. The maximum Gasteiger partial charge on any atom is 0.174 e. The summed E-state index contributed by atoms with van der Waals surface area (Å²) in [6, 6.07) is 11.2. The zero-order chi connectivity index (χ0) is 18.8. The highest BCUT2D eigenvalue weighted by molar-refractivity contribution is 6.43. The van der Waals surface area contributed by atoms with Crippen molar-refractivity contribution in [2.24, 2.45) is 0 Å². The van der Waals surface area contributed by atoms with Gasteiger partial charge in [0.2, 0.25) is 0 Å². The number of hydrogen-bond acceptors (Lipinski definition) is 4. The van der Waals surface area contributed by atoms with Crippen LogP contribution in [-0.4, -0.2) is 14.8 Å². The molecule has 0 N–H and O–H groups in total. The molecule has 1 aliphatic heterocycles. The van der Waals surface area contributed by atoms with Crippen LogP contribution in [0.15, 0.2) is 34.7 Å². The summed E-state index contributed by atoms with van der Waals surface area (Å²) in [5.74, 6) is 2.66. The van der Waals surface area contributed by atoms with Crippen molar-refractivity contribution in [1.29, 1.82) is 5.26 Å². The van der Waals surface area contributed by atoms with Gasteiger partial charge in [-0.15, -0.1) is 10.2 Å². The van der Waals surface area contributed by atoms with E-state index >= 15 is 0 Å². The third kappa shape index (κ3) is 3.51. The second-order valence-electron chi connectivity index (χ2n) is 6.38. The molecule has 3 heterocycles. The number of furan rings is 1. The van der Waals surface area contributed by atoms with Gasteiger partial charge in [-0.05, 0) is 37.1 Å². The molecule has 0 spiro atoms. The van der Waals surface area contributed by atoms with Gasteiger partial charge in [0.1, 0.15) is 29.0 Å². The lowest BCUT2D eigenvalue weighted by Gasteiger charge is -2.05. The van der Waals surface area contributed by atoms with Crippen molar-refractivity contribution in [3.05, 3.63) is 57.8 Å². The van der Waals surface area contributed by atoms with Crippen LogP contribution >= 0.6 is 23.2 Å². The molecule has 0 radical (unpaired) electrons. The lowest BCUT2D eigenvalue weighted by Crippen LogP contribution is -2.05. The fourth-order valence-corrected chi connectivity index (χ4v) is 3.64. The molecule has 0 atom stereocenters. The van der Waals surface area contributed by atoms with Crippen LogP contribution in [-0.2, 0) is 13.0 Å². The van der Waals surface area contributed by atoms with E-state index in [9.17, 15) is 5.26 Å². The average molecular weight is 399 g/mol. The van der Waals surface area contributed by atoms with Crippen LogP contribution < -0.4 is 0 Å². The molecule has 1 aliphatic rings. The van der Waals surface area contributed by atoms with Gasteiger partial charge in [0.05, 0.1) is 10.0 Å². The largest absolute Gasteiger partial charge is 0.457 e. The standard InChI is InChI=1S/C20H16Cl2N4O/c21-16-6-4-5-15(19(16)22)17-9-8-14(27-17)11-13(12-23)20-25-24-18-7-2-1-3-10-26(18)20/h4-6,8-9,11H,1-3,7,10H2/b13-11+. The van der Waals surface area contributed by atoms with Gasteiger partial charge in [0.25, 0.3) is 0 Å². The van der Waals surface area contributed by atoms with Crippen molar-refractivity contribution in [2.75, 3.05) is 0 Å². The Hall–Kier alpha value is -2.55. The molecule has 0 unspecified atom stereocenters. The summed E-state index contributed by atoms with van der Waals surface area (Å²) >= 11 is 12.3. The van der Waals surface area contributed by atoms with Gasteiger partial charge < -0.3 is 8.98 Å². The fourth-order valence-electron chi connectivity index (χ4n) is 3.24. The first-order valence-electron chi connectivity index (χ1n) is 8.76. The quantitative estimate of drug-likeness (QED) is 0.535. The van der Waals surface area contributed by atoms with Crippen molar-refractivity contribution in [2.45, 2.75) is 32.2 Å². The first-order valence-corrected chi connectivity index (χ1v) is 9.51. The van der Waals surface area contributed by atoms with Gasteiger partial charge in [-0.25, -0.2) is 0 Å². The molecule has 136 valence electrons. The highest BCUT2D eigenvalue weighted by atomic mass is 35.5. The number of aryl methyl sites for hydroxylation is 1. The predicted octanol–water partition coefficient (Wildman–Crippen LogP) is 5.64. The van der Waals surface area contributed by atoms with Crippen molar-refractivity contribution in [3.8, 4) is 17.4 Å². The molecule has 0 amide bonds. The van der Waals surface area contributed by atoms with E-state index in [1.54, 1.807) is 18.2 Å². The number of halogens is 2. The minimum Gasteiger partial charge on any atom is -0.457 e. The Morgan fingerprint density at radius 1 is 1.15 bits per heavy atom. The molecule has 0 bridgehead atoms. The minimum absolute atomic E-state index is 0.425. The number of rotatable bonds is 3. The Bertz CT molecular complexity index is 1060. The maximum absolute atomic E-state index is 9.66. The van der Waals surface area contributed by atoms with Crippen LogP contribution in [0, 0.1) is 11.3 Å². The normalized spacial score (nSPS) is 14.5. The number of benzene rings is 1. The van der Waals surface area contributed by atoms with E-state index in [4.69, 9.17) is 27.6 Å². The molecule has 2 aromatic heterocycles. The number of aromatic nitrogens is 3. The molecule has 7 heteroatoms. The molecule has 27 heavy (non-hydrogen) atoms. The van der Waals surface area contributed by atoms with Crippen molar-refractivity contribution in [3.63, 3.8) is 0 Å². The second-order valence-corrected chi connectivity index (χ2v) is 7.16. The number of nitriles is 1. The Balaban J connectivity index is 1.69. The summed E-state index contributed by atoms with van der Waals surface area (Å²) in [5.41, 5.74) is 1.13. The highest BCUT2D eigenvalue weighted by Gasteiger charge is 2.18. The molecular formula is C20H16Cl2N4O. The molecule has 3 aromatic rings. The highest BCUT2D eigenvalue weighted by Crippen LogP contribution is 2.35. The number of nitrogens with zero attached hydrogens (tertiary/aromatic N) is 4. The van der Waals surface area contributed by atoms with E-state index in [-0.39, 0.29) is 0 Å². The summed E-state index contributed by atoms with van der Waals surface area (Å²) in [4.78, 5) is 0. The summed E-state index contributed by atoms with van der Waals surface area (Å²) < 4.78 is 7.92. The first kappa shape index (κ1) is 17.8. The first-order chi connectivity index (χ1) is 13.2. The van der Waals surface area contributed by atoms with Gasteiger partial charge in [-0.3, -0.25) is 0 Å². The van der Waals surface area contributed by atoms with Gasteiger partial charge in [-0.1, -0.05) is 35.7 Å². The fraction of sp³-hybridized carbons (Fsp3) is 0.250. The van der Waals surface area contributed by atoms with Crippen molar-refractivity contribution in [1.82, 2.24) is 14.8 Å². The predicted molar refractivity (Wildman–Crippen MR) is 105 cm³/mol. The molecular weight excluding hydrogens is 383 g/mol. The topological polar surface area (TPSA) is 67.6 Å². The Morgan fingerprint density at radius 2 is 2.04 bits per heavy atom.